The molecule has 0 aromatic heterocycles. The van der Waals surface area contributed by atoms with Crippen LogP contribution in [-0.4, -0.2) is 20.3 Å². The minimum Gasteiger partial charge on any atom is -0.497 e. The Morgan fingerprint density at radius 3 is 2.07 bits per heavy atom. The first kappa shape index (κ1) is 11.1. The SMILES string of the molecule is COc1cc(COCCl)cc(OC)c1. The van der Waals surface area contributed by atoms with Gasteiger partial charge in [-0.2, -0.15) is 0 Å². The Hall–Kier alpha value is -0.930. The van der Waals surface area contributed by atoms with Crippen LogP contribution in [0.2, 0.25) is 0 Å². The summed E-state index contributed by atoms with van der Waals surface area (Å²) in [5.74, 6) is 1.50. The number of hydrogen-bond acceptors (Lipinski definition) is 3. The molecule has 0 saturated carbocycles. The van der Waals surface area contributed by atoms with Crippen molar-refractivity contribution in [1.82, 2.24) is 0 Å². The van der Waals surface area contributed by atoms with Gasteiger partial charge in [-0.25, -0.2) is 0 Å². The number of ether oxygens (including phenoxy) is 3. The standard InChI is InChI=1S/C10H13ClO3/c1-12-9-3-8(6-14-7-11)4-10(5-9)13-2/h3-5H,6-7H2,1-2H3. The van der Waals surface area contributed by atoms with Crippen molar-refractivity contribution in [2.45, 2.75) is 6.61 Å². The summed E-state index contributed by atoms with van der Waals surface area (Å²) in [5.41, 5.74) is 0.974. The summed E-state index contributed by atoms with van der Waals surface area (Å²) in [7, 11) is 3.22. The van der Waals surface area contributed by atoms with Crippen molar-refractivity contribution in [2.24, 2.45) is 0 Å². The van der Waals surface area contributed by atoms with Crippen LogP contribution in [0.3, 0.4) is 0 Å². The number of alkyl halides is 1. The predicted molar refractivity (Wildman–Crippen MR) is 55.1 cm³/mol. The van der Waals surface area contributed by atoms with E-state index in [-0.39, 0.29) is 6.07 Å². The van der Waals surface area contributed by atoms with Gasteiger partial charge in [0.1, 0.15) is 17.6 Å². The first-order valence-electron chi connectivity index (χ1n) is 4.15. The highest BCUT2D eigenvalue weighted by atomic mass is 35.5. The highest BCUT2D eigenvalue weighted by molar-refractivity contribution is 6.17. The van der Waals surface area contributed by atoms with E-state index in [1.54, 1.807) is 14.2 Å². The molecular formula is C10H13ClO3. The number of halogens is 1. The Morgan fingerprint density at radius 2 is 1.64 bits per heavy atom. The number of methoxy groups -OCH3 is 2. The van der Waals surface area contributed by atoms with Crippen LogP contribution in [0.25, 0.3) is 0 Å². The van der Waals surface area contributed by atoms with Crippen molar-refractivity contribution >= 4 is 11.6 Å². The molecule has 0 aliphatic carbocycles. The van der Waals surface area contributed by atoms with E-state index >= 15 is 0 Å². The summed E-state index contributed by atoms with van der Waals surface area (Å²) < 4.78 is 15.3. The van der Waals surface area contributed by atoms with Gasteiger partial charge in [0, 0.05) is 6.07 Å². The van der Waals surface area contributed by atoms with Gasteiger partial charge in [-0.1, -0.05) is 11.6 Å². The molecule has 0 amide bonds. The van der Waals surface area contributed by atoms with Crippen LogP contribution in [0.5, 0.6) is 11.5 Å². The van der Waals surface area contributed by atoms with E-state index in [1.165, 1.54) is 0 Å². The van der Waals surface area contributed by atoms with Crippen LogP contribution in [0.15, 0.2) is 18.2 Å². The zero-order valence-corrected chi connectivity index (χ0v) is 9.00. The van der Waals surface area contributed by atoms with E-state index in [1.807, 2.05) is 18.2 Å². The normalized spacial score (nSPS) is 9.93. The Labute approximate surface area is 88.5 Å². The lowest BCUT2D eigenvalue weighted by Gasteiger charge is -2.07. The molecule has 78 valence electrons. The molecule has 0 aliphatic heterocycles. The van der Waals surface area contributed by atoms with E-state index in [2.05, 4.69) is 0 Å². The zero-order valence-electron chi connectivity index (χ0n) is 8.25. The molecule has 14 heavy (non-hydrogen) atoms. The van der Waals surface area contributed by atoms with Gasteiger partial charge in [0.2, 0.25) is 0 Å². The van der Waals surface area contributed by atoms with Crippen LogP contribution in [-0.2, 0) is 11.3 Å². The van der Waals surface area contributed by atoms with Gasteiger partial charge in [-0.05, 0) is 17.7 Å². The minimum atomic E-state index is 0.180. The largest absolute Gasteiger partial charge is 0.497 e. The maximum absolute atomic E-state index is 5.41. The molecular weight excluding hydrogens is 204 g/mol. The fourth-order valence-corrected chi connectivity index (χ4v) is 1.18. The molecule has 0 N–H and O–H groups in total. The Balaban J connectivity index is 2.81. The molecule has 0 heterocycles. The van der Waals surface area contributed by atoms with E-state index in [4.69, 9.17) is 25.8 Å². The predicted octanol–water partition coefficient (Wildman–Crippen LogP) is 2.42. The fraction of sp³-hybridized carbons (Fsp3) is 0.400. The van der Waals surface area contributed by atoms with Gasteiger partial charge < -0.3 is 14.2 Å². The summed E-state index contributed by atoms with van der Waals surface area (Å²) >= 11 is 5.41. The van der Waals surface area contributed by atoms with E-state index in [0.29, 0.717) is 6.61 Å². The molecule has 0 fully saturated rings. The van der Waals surface area contributed by atoms with Crippen LogP contribution >= 0.6 is 11.6 Å². The first-order valence-corrected chi connectivity index (χ1v) is 4.69. The number of rotatable bonds is 5. The van der Waals surface area contributed by atoms with Gasteiger partial charge in [0.25, 0.3) is 0 Å². The first-order chi connectivity index (χ1) is 6.80. The highest BCUT2D eigenvalue weighted by Crippen LogP contribution is 2.22. The van der Waals surface area contributed by atoms with Crippen molar-refractivity contribution < 1.29 is 14.2 Å². The topological polar surface area (TPSA) is 27.7 Å². The summed E-state index contributed by atoms with van der Waals surface area (Å²) in [4.78, 5) is 0. The monoisotopic (exact) mass is 216 g/mol. The molecule has 3 nitrogen and oxygen atoms in total. The molecule has 0 bridgehead atoms. The lowest BCUT2D eigenvalue weighted by molar-refractivity contribution is 0.165. The average Bonchev–Trinajstić information content (AvgIpc) is 2.25. The molecule has 0 aliphatic rings. The molecule has 0 saturated heterocycles. The third-order valence-corrected chi connectivity index (χ3v) is 1.91. The van der Waals surface area contributed by atoms with E-state index in [0.717, 1.165) is 17.1 Å². The molecule has 1 aromatic carbocycles. The summed E-state index contributed by atoms with van der Waals surface area (Å²) in [6.45, 7) is 0.455. The van der Waals surface area contributed by atoms with Gasteiger partial charge in [-0.15, -0.1) is 0 Å². The van der Waals surface area contributed by atoms with Crippen molar-refractivity contribution in [2.75, 3.05) is 20.3 Å². The second-order valence-electron chi connectivity index (χ2n) is 2.68. The van der Waals surface area contributed by atoms with E-state index < -0.39 is 0 Å². The lowest BCUT2D eigenvalue weighted by atomic mass is 10.2. The van der Waals surface area contributed by atoms with Crippen LogP contribution < -0.4 is 9.47 Å². The lowest BCUT2D eigenvalue weighted by Crippen LogP contribution is -1.94. The molecule has 0 atom stereocenters. The van der Waals surface area contributed by atoms with Gasteiger partial charge in [-0.3, -0.25) is 0 Å². The zero-order chi connectivity index (χ0) is 10.4. The van der Waals surface area contributed by atoms with Crippen LogP contribution in [0.1, 0.15) is 5.56 Å². The second kappa shape index (κ2) is 5.73. The second-order valence-corrected chi connectivity index (χ2v) is 2.90. The Morgan fingerprint density at radius 1 is 1.07 bits per heavy atom. The molecule has 1 aromatic rings. The molecule has 4 heteroatoms. The Bertz CT molecular complexity index is 266. The van der Waals surface area contributed by atoms with E-state index in [9.17, 15) is 0 Å². The third-order valence-electron chi connectivity index (χ3n) is 1.76. The average molecular weight is 217 g/mol. The van der Waals surface area contributed by atoms with Gasteiger partial charge in [0.15, 0.2) is 0 Å². The summed E-state index contributed by atoms with van der Waals surface area (Å²) in [6, 6.07) is 5.76. The maximum Gasteiger partial charge on any atom is 0.122 e. The van der Waals surface area contributed by atoms with Crippen molar-refractivity contribution in [3.05, 3.63) is 23.8 Å². The summed E-state index contributed by atoms with van der Waals surface area (Å²) in [5, 5.41) is 0. The minimum absolute atomic E-state index is 0.180. The molecule has 0 unspecified atom stereocenters. The maximum atomic E-state index is 5.41. The van der Waals surface area contributed by atoms with Crippen molar-refractivity contribution in [1.29, 1.82) is 0 Å². The van der Waals surface area contributed by atoms with Gasteiger partial charge in [0.05, 0.1) is 20.8 Å². The van der Waals surface area contributed by atoms with Gasteiger partial charge >= 0.3 is 0 Å². The molecule has 1 rings (SSSR count). The summed E-state index contributed by atoms with van der Waals surface area (Å²) in [6.07, 6.45) is 0. The fourth-order valence-electron chi connectivity index (χ4n) is 1.11. The smallest absolute Gasteiger partial charge is 0.122 e. The molecule has 0 radical (unpaired) electrons. The van der Waals surface area contributed by atoms with Crippen LogP contribution in [0.4, 0.5) is 0 Å². The molecule has 0 spiro atoms. The van der Waals surface area contributed by atoms with Crippen LogP contribution in [0, 0.1) is 0 Å². The van der Waals surface area contributed by atoms with Crippen molar-refractivity contribution in [3.63, 3.8) is 0 Å². The Kier molecular flexibility index (Phi) is 4.56. The quantitative estimate of drug-likeness (QED) is 0.708. The highest BCUT2D eigenvalue weighted by Gasteiger charge is 2.01. The third kappa shape index (κ3) is 3.09. The number of benzene rings is 1. The number of hydrogen-bond donors (Lipinski definition) is 0. The van der Waals surface area contributed by atoms with Crippen molar-refractivity contribution in [3.8, 4) is 11.5 Å².